The van der Waals surface area contributed by atoms with E-state index in [1.807, 2.05) is 54.9 Å². The number of rotatable bonds is 6. The average Bonchev–Trinajstić information content (AvgIpc) is 3.34. The number of para-hydroxylation sites is 1. The summed E-state index contributed by atoms with van der Waals surface area (Å²) in [6.07, 6.45) is 0. The van der Waals surface area contributed by atoms with Crippen molar-refractivity contribution in [2.24, 2.45) is 7.05 Å². The van der Waals surface area contributed by atoms with E-state index in [9.17, 15) is 9.59 Å². The lowest BCUT2D eigenvalue weighted by molar-refractivity contribution is -0.114. The highest BCUT2D eigenvalue weighted by atomic mass is 16.5. The summed E-state index contributed by atoms with van der Waals surface area (Å²) in [5.41, 5.74) is 2.99. The van der Waals surface area contributed by atoms with Gasteiger partial charge >= 0.3 is 0 Å². The van der Waals surface area contributed by atoms with Crippen molar-refractivity contribution in [2.75, 3.05) is 12.4 Å². The van der Waals surface area contributed by atoms with Gasteiger partial charge in [0.25, 0.3) is 5.91 Å². The van der Waals surface area contributed by atoms with Crippen LogP contribution in [-0.2, 0) is 18.4 Å². The van der Waals surface area contributed by atoms with E-state index in [4.69, 9.17) is 14.1 Å². The Morgan fingerprint density at radius 3 is 2.62 bits per heavy atom. The van der Waals surface area contributed by atoms with Gasteiger partial charge in [0.1, 0.15) is 23.1 Å². The maximum atomic E-state index is 12.8. The number of furan rings is 1. The Morgan fingerprint density at radius 2 is 1.94 bits per heavy atom. The van der Waals surface area contributed by atoms with Crippen molar-refractivity contribution in [1.29, 1.82) is 0 Å². The van der Waals surface area contributed by atoms with Crippen LogP contribution in [0.1, 0.15) is 28.8 Å². The third-order valence-corrected chi connectivity index (χ3v) is 5.11. The second kappa shape index (κ2) is 8.58. The van der Waals surface area contributed by atoms with E-state index in [1.165, 1.54) is 6.92 Å². The van der Waals surface area contributed by atoms with Gasteiger partial charge in [-0.25, -0.2) is 4.98 Å². The highest BCUT2D eigenvalue weighted by Gasteiger charge is 2.19. The minimum absolute atomic E-state index is 0.241. The molecule has 2 amide bonds. The Kier molecular flexibility index (Phi) is 5.68. The van der Waals surface area contributed by atoms with Gasteiger partial charge < -0.3 is 24.4 Å². The first-order chi connectivity index (χ1) is 15.4. The van der Waals surface area contributed by atoms with Gasteiger partial charge in [0.15, 0.2) is 0 Å². The molecule has 2 aromatic heterocycles. The highest BCUT2D eigenvalue weighted by Crippen LogP contribution is 2.34. The van der Waals surface area contributed by atoms with E-state index >= 15 is 0 Å². The fraction of sp³-hybridized carbons (Fsp3) is 0.208. The molecule has 8 nitrogen and oxygen atoms in total. The Labute approximate surface area is 185 Å². The topological polar surface area (TPSA) is 98.4 Å². The van der Waals surface area contributed by atoms with Gasteiger partial charge in [0, 0.05) is 19.5 Å². The van der Waals surface area contributed by atoms with E-state index in [-0.39, 0.29) is 18.4 Å². The van der Waals surface area contributed by atoms with Gasteiger partial charge in [0.05, 0.1) is 35.9 Å². The zero-order chi connectivity index (χ0) is 22.8. The van der Waals surface area contributed by atoms with Crippen molar-refractivity contribution in [1.82, 2.24) is 14.9 Å². The van der Waals surface area contributed by atoms with Crippen LogP contribution in [-0.4, -0.2) is 28.5 Å². The summed E-state index contributed by atoms with van der Waals surface area (Å²) in [6.45, 7) is 3.53. The van der Waals surface area contributed by atoms with Gasteiger partial charge in [-0.3, -0.25) is 9.59 Å². The SMILES string of the molecule is COc1ccccc1-c1nc2cc(C(=O)NCc3ccc(C)o3)cc(NC(C)=O)c2n1C. The predicted octanol–water partition coefficient (Wildman–Crippen LogP) is 4.04. The van der Waals surface area contributed by atoms with Gasteiger partial charge in [0.2, 0.25) is 5.91 Å². The van der Waals surface area contributed by atoms with Crippen LogP contribution in [0.25, 0.3) is 22.4 Å². The number of imidazole rings is 1. The van der Waals surface area contributed by atoms with Crippen molar-refractivity contribution in [3.05, 3.63) is 65.6 Å². The predicted molar refractivity (Wildman–Crippen MR) is 122 cm³/mol. The van der Waals surface area contributed by atoms with Crippen LogP contribution in [0.4, 0.5) is 5.69 Å². The van der Waals surface area contributed by atoms with Crippen molar-refractivity contribution in [3.63, 3.8) is 0 Å². The number of methoxy groups -OCH3 is 1. The summed E-state index contributed by atoms with van der Waals surface area (Å²) in [7, 11) is 3.47. The lowest BCUT2D eigenvalue weighted by atomic mass is 10.1. The number of anilines is 1. The lowest BCUT2D eigenvalue weighted by Gasteiger charge is -2.11. The molecule has 0 bridgehead atoms. The quantitative estimate of drug-likeness (QED) is 0.479. The molecule has 0 saturated carbocycles. The first-order valence-corrected chi connectivity index (χ1v) is 10.1. The maximum Gasteiger partial charge on any atom is 0.251 e. The average molecular weight is 432 g/mol. The largest absolute Gasteiger partial charge is 0.496 e. The van der Waals surface area contributed by atoms with E-state index in [2.05, 4.69) is 10.6 Å². The molecule has 0 atom stereocenters. The number of amides is 2. The third kappa shape index (κ3) is 4.07. The molecular formula is C24H24N4O4. The van der Waals surface area contributed by atoms with E-state index in [0.717, 1.165) is 11.3 Å². The standard InChI is InChI=1S/C24H24N4O4/c1-14-9-10-17(32-14)13-25-24(30)16-11-19(26-15(2)29)22-20(12-16)27-23(28(22)3)18-7-5-6-8-21(18)31-4/h5-12H,13H2,1-4H3,(H,25,30)(H,26,29). The maximum absolute atomic E-state index is 12.8. The van der Waals surface area contributed by atoms with Crippen LogP contribution in [0, 0.1) is 6.92 Å². The zero-order valence-corrected chi connectivity index (χ0v) is 18.4. The second-order valence-electron chi connectivity index (χ2n) is 7.46. The highest BCUT2D eigenvalue weighted by molar-refractivity contribution is 6.05. The van der Waals surface area contributed by atoms with Crippen molar-refractivity contribution in [2.45, 2.75) is 20.4 Å². The van der Waals surface area contributed by atoms with Gasteiger partial charge in [-0.2, -0.15) is 0 Å². The van der Waals surface area contributed by atoms with Crippen LogP contribution in [0.2, 0.25) is 0 Å². The number of aromatic nitrogens is 2. The Hall–Kier alpha value is -4.07. The Bertz CT molecular complexity index is 1320. The summed E-state index contributed by atoms with van der Waals surface area (Å²) in [6, 6.07) is 14.6. The molecule has 0 fully saturated rings. The number of ether oxygens (including phenoxy) is 1. The normalized spacial score (nSPS) is 10.9. The molecule has 4 rings (SSSR count). The first kappa shape index (κ1) is 21.2. The first-order valence-electron chi connectivity index (χ1n) is 10.1. The summed E-state index contributed by atoms with van der Waals surface area (Å²) in [5, 5.41) is 5.67. The molecule has 164 valence electrons. The fourth-order valence-corrected chi connectivity index (χ4v) is 3.69. The minimum atomic E-state index is -0.294. The van der Waals surface area contributed by atoms with Gasteiger partial charge in [-0.05, 0) is 43.3 Å². The van der Waals surface area contributed by atoms with E-state index in [0.29, 0.717) is 39.6 Å². The molecule has 0 aliphatic rings. The van der Waals surface area contributed by atoms with E-state index in [1.54, 1.807) is 19.2 Å². The Balaban J connectivity index is 1.77. The number of aryl methyl sites for hydroxylation is 2. The summed E-state index contributed by atoms with van der Waals surface area (Å²) < 4.78 is 12.9. The van der Waals surface area contributed by atoms with Crippen LogP contribution in [0.15, 0.2) is 52.9 Å². The molecule has 0 aliphatic heterocycles. The van der Waals surface area contributed by atoms with Crippen LogP contribution >= 0.6 is 0 Å². The number of benzene rings is 2. The van der Waals surface area contributed by atoms with E-state index < -0.39 is 0 Å². The number of hydrogen-bond donors (Lipinski definition) is 2. The number of hydrogen-bond acceptors (Lipinski definition) is 5. The molecular weight excluding hydrogens is 408 g/mol. The summed E-state index contributed by atoms with van der Waals surface area (Å²) >= 11 is 0. The third-order valence-electron chi connectivity index (χ3n) is 5.11. The molecule has 2 aromatic carbocycles. The fourth-order valence-electron chi connectivity index (χ4n) is 3.69. The molecule has 0 aliphatic carbocycles. The Morgan fingerprint density at radius 1 is 1.16 bits per heavy atom. The smallest absolute Gasteiger partial charge is 0.251 e. The van der Waals surface area contributed by atoms with Crippen molar-refractivity contribution < 1.29 is 18.7 Å². The molecule has 0 saturated heterocycles. The zero-order valence-electron chi connectivity index (χ0n) is 18.4. The summed E-state index contributed by atoms with van der Waals surface area (Å²) in [5.74, 6) is 2.25. The van der Waals surface area contributed by atoms with Gasteiger partial charge in [-0.1, -0.05) is 12.1 Å². The molecule has 8 heteroatoms. The van der Waals surface area contributed by atoms with Crippen molar-refractivity contribution in [3.8, 4) is 17.1 Å². The molecule has 4 aromatic rings. The molecule has 0 unspecified atom stereocenters. The number of fused-ring (bicyclic) bond motifs is 1. The molecule has 0 radical (unpaired) electrons. The molecule has 2 heterocycles. The number of carbonyl (C=O) groups excluding carboxylic acids is 2. The van der Waals surface area contributed by atoms with Crippen molar-refractivity contribution >= 4 is 28.5 Å². The lowest BCUT2D eigenvalue weighted by Crippen LogP contribution is -2.23. The second-order valence-corrected chi connectivity index (χ2v) is 7.46. The van der Waals surface area contributed by atoms with Gasteiger partial charge in [-0.15, -0.1) is 0 Å². The molecule has 2 N–H and O–H groups in total. The number of nitrogens with zero attached hydrogens (tertiary/aromatic N) is 2. The molecule has 0 spiro atoms. The monoisotopic (exact) mass is 432 g/mol. The van der Waals surface area contributed by atoms with Crippen LogP contribution < -0.4 is 15.4 Å². The number of nitrogens with one attached hydrogen (secondary N) is 2. The van der Waals surface area contributed by atoms with Crippen LogP contribution in [0.3, 0.4) is 0 Å². The molecule has 32 heavy (non-hydrogen) atoms. The summed E-state index contributed by atoms with van der Waals surface area (Å²) in [4.78, 5) is 29.5. The number of carbonyl (C=O) groups is 2. The minimum Gasteiger partial charge on any atom is -0.496 e. The van der Waals surface area contributed by atoms with Crippen LogP contribution in [0.5, 0.6) is 5.75 Å².